The summed E-state index contributed by atoms with van der Waals surface area (Å²) < 4.78 is 5.42. The normalized spacial score (nSPS) is 21.8. The minimum absolute atomic E-state index is 0.0409. The molecule has 1 amide bonds. The number of rotatable bonds is 6. The Bertz CT molecular complexity index is 868. The molecule has 2 aliphatic heterocycles. The molecule has 0 radical (unpaired) electrons. The lowest BCUT2D eigenvalue weighted by Gasteiger charge is -2.28. The number of carbonyl (C=O) groups is 1. The van der Waals surface area contributed by atoms with Crippen molar-refractivity contribution < 1.29 is 9.53 Å². The first-order chi connectivity index (χ1) is 14.2. The Hall–Kier alpha value is -1.79. The van der Waals surface area contributed by atoms with Gasteiger partial charge in [-0.25, -0.2) is 0 Å². The van der Waals surface area contributed by atoms with Crippen molar-refractivity contribution in [3.8, 4) is 0 Å². The number of carbonyl (C=O) groups excluding carboxylic acids is 1. The zero-order chi connectivity index (χ0) is 20.1. The predicted molar refractivity (Wildman–Crippen MR) is 120 cm³/mol. The first-order valence-corrected chi connectivity index (χ1v) is 11.3. The van der Waals surface area contributed by atoms with Gasteiger partial charge in [0.1, 0.15) is 5.37 Å². The van der Waals surface area contributed by atoms with Crippen LogP contribution in [-0.4, -0.2) is 55.1 Å². The summed E-state index contributed by atoms with van der Waals surface area (Å²) in [5, 5.41) is 0.658. The van der Waals surface area contributed by atoms with Gasteiger partial charge in [0.15, 0.2) is 0 Å². The van der Waals surface area contributed by atoms with Crippen molar-refractivity contribution in [2.45, 2.75) is 11.8 Å². The molecule has 2 heterocycles. The second-order valence-corrected chi connectivity index (χ2v) is 8.81. The molecule has 2 aromatic rings. The van der Waals surface area contributed by atoms with Gasteiger partial charge in [-0.15, -0.1) is 0 Å². The van der Waals surface area contributed by atoms with Gasteiger partial charge in [0.05, 0.1) is 18.1 Å². The van der Waals surface area contributed by atoms with Gasteiger partial charge in [-0.1, -0.05) is 65.8 Å². The minimum atomic E-state index is -0.0409. The topological polar surface area (TPSA) is 32.8 Å². The molecule has 2 aromatic carbocycles. The number of halogens is 1. The van der Waals surface area contributed by atoms with Crippen LogP contribution in [0.5, 0.6) is 0 Å². The van der Waals surface area contributed by atoms with Crippen molar-refractivity contribution in [1.29, 1.82) is 0 Å². The third-order valence-corrected chi connectivity index (χ3v) is 6.73. The van der Waals surface area contributed by atoms with Crippen molar-refractivity contribution >= 4 is 35.3 Å². The van der Waals surface area contributed by atoms with E-state index in [0.717, 1.165) is 61.8 Å². The van der Waals surface area contributed by atoms with E-state index in [2.05, 4.69) is 11.0 Å². The number of morpholine rings is 1. The lowest BCUT2D eigenvalue weighted by molar-refractivity contribution is -0.126. The average Bonchev–Trinajstić information content (AvgIpc) is 3.05. The van der Waals surface area contributed by atoms with Gasteiger partial charge in [-0.3, -0.25) is 9.69 Å². The first-order valence-electron chi connectivity index (χ1n) is 10.0. The molecular formula is C23H25ClN2O2S. The van der Waals surface area contributed by atoms with Crippen LogP contribution in [0.15, 0.2) is 59.5 Å². The third-order valence-electron chi connectivity index (χ3n) is 5.20. The fraction of sp³-hybridized carbons (Fsp3) is 0.348. The fourth-order valence-electron chi connectivity index (χ4n) is 3.70. The Morgan fingerprint density at radius 2 is 1.86 bits per heavy atom. The molecule has 0 saturated carbocycles. The number of thioether (sulfide) groups is 1. The summed E-state index contributed by atoms with van der Waals surface area (Å²) >= 11 is 7.85. The molecule has 6 heteroatoms. The standard InChI is InChI=1S/C23H25ClN2O2S/c24-20-9-4-8-19(17-20)23-26(11-5-10-25-12-14-28-15-13-25)22(27)21(29-23)16-18-6-2-1-3-7-18/h1-4,6-9,16-17,23H,5,10-15H2/b21-16+. The number of nitrogens with zero attached hydrogens (tertiary/aromatic N) is 2. The van der Waals surface area contributed by atoms with Crippen molar-refractivity contribution in [2.24, 2.45) is 0 Å². The highest BCUT2D eigenvalue weighted by Crippen LogP contribution is 2.46. The summed E-state index contributed by atoms with van der Waals surface area (Å²) in [6.07, 6.45) is 2.94. The minimum Gasteiger partial charge on any atom is -0.379 e. The zero-order valence-electron chi connectivity index (χ0n) is 16.3. The Morgan fingerprint density at radius 3 is 2.62 bits per heavy atom. The second-order valence-electron chi connectivity index (χ2n) is 7.25. The fourth-order valence-corrected chi connectivity index (χ4v) is 5.17. The van der Waals surface area contributed by atoms with Crippen LogP contribution in [0, 0.1) is 0 Å². The van der Waals surface area contributed by atoms with Gasteiger partial charge in [-0.2, -0.15) is 0 Å². The highest BCUT2D eigenvalue weighted by atomic mass is 35.5. The van der Waals surface area contributed by atoms with E-state index in [-0.39, 0.29) is 11.3 Å². The number of hydrogen-bond donors (Lipinski definition) is 0. The molecule has 29 heavy (non-hydrogen) atoms. The van der Waals surface area contributed by atoms with Crippen molar-refractivity contribution in [1.82, 2.24) is 9.80 Å². The lowest BCUT2D eigenvalue weighted by Crippen LogP contribution is -2.38. The second kappa shape index (κ2) is 9.81. The predicted octanol–water partition coefficient (Wildman–Crippen LogP) is 4.68. The Balaban J connectivity index is 1.51. The molecule has 2 fully saturated rings. The number of amides is 1. The summed E-state index contributed by atoms with van der Waals surface area (Å²) in [7, 11) is 0. The maximum atomic E-state index is 13.2. The smallest absolute Gasteiger partial charge is 0.261 e. The van der Waals surface area contributed by atoms with Gasteiger partial charge < -0.3 is 9.64 Å². The van der Waals surface area contributed by atoms with Crippen LogP contribution in [0.4, 0.5) is 0 Å². The van der Waals surface area contributed by atoms with Gasteiger partial charge >= 0.3 is 0 Å². The first kappa shape index (κ1) is 20.5. The van der Waals surface area contributed by atoms with Crippen LogP contribution >= 0.6 is 23.4 Å². The van der Waals surface area contributed by atoms with Crippen molar-refractivity contribution in [2.75, 3.05) is 39.4 Å². The van der Waals surface area contributed by atoms with Gasteiger partial charge in [0, 0.05) is 31.2 Å². The molecule has 1 atom stereocenters. The quantitative estimate of drug-likeness (QED) is 0.625. The monoisotopic (exact) mass is 428 g/mol. The van der Waals surface area contributed by atoms with Crippen LogP contribution in [0.1, 0.15) is 22.9 Å². The molecule has 0 aromatic heterocycles. The van der Waals surface area contributed by atoms with Crippen LogP contribution in [-0.2, 0) is 9.53 Å². The lowest BCUT2D eigenvalue weighted by atomic mass is 10.2. The van der Waals surface area contributed by atoms with Gasteiger partial charge in [0.25, 0.3) is 5.91 Å². The molecule has 4 nitrogen and oxygen atoms in total. The van der Waals surface area contributed by atoms with Crippen LogP contribution in [0.25, 0.3) is 6.08 Å². The maximum Gasteiger partial charge on any atom is 0.261 e. The highest BCUT2D eigenvalue weighted by Gasteiger charge is 2.36. The molecule has 152 valence electrons. The molecule has 2 aliphatic rings. The average molecular weight is 429 g/mol. The summed E-state index contributed by atoms with van der Waals surface area (Å²) in [4.78, 5) is 18.4. The van der Waals surface area contributed by atoms with E-state index in [0.29, 0.717) is 5.02 Å². The summed E-state index contributed by atoms with van der Waals surface area (Å²) in [6.45, 7) is 5.25. The number of benzene rings is 2. The Morgan fingerprint density at radius 1 is 1.07 bits per heavy atom. The Labute approximate surface area is 181 Å². The third kappa shape index (κ3) is 5.23. The molecule has 0 spiro atoms. The summed E-state index contributed by atoms with van der Waals surface area (Å²) in [5.74, 6) is 0.103. The summed E-state index contributed by atoms with van der Waals surface area (Å²) in [5.41, 5.74) is 2.11. The zero-order valence-corrected chi connectivity index (χ0v) is 17.9. The number of hydrogen-bond acceptors (Lipinski definition) is 4. The largest absolute Gasteiger partial charge is 0.379 e. The maximum absolute atomic E-state index is 13.2. The molecular weight excluding hydrogens is 404 g/mol. The molecule has 0 aliphatic carbocycles. The Kier molecular flexibility index (Phi) is 6.93. The molecule has 0 N–H and O–H groups in total. The summed E-state index contributed by atoms with van der Waals surface area (Å²) in [6, 6.07) is 17.9. The van der Waals surface area contributed by atoms with E-state index in [1.165, 1.54) is 0 Å². The van der Waals surface area contributed by atoms with E-state index in [4.69, 9.17) is 16.3 Å². The van der Waals surface area contributed by atoms with Crippen molar-refractivity contribution in [3.63, 3.8) is 0 Å². The molecule has 0 bridgehead atoms. The molecule has 4 rings (SSSR count). The SMILES string of the molecule is O=C1/C(=C\c2ccccc2)SC(c2cccc(Cl)c2)N1CCCN1CCOCC1. The van der Waals surface area contributed by atoms with Crippen molar-refractivity contribution in [3.05, 3.63) is 75.7 Å². The highest BCUT2D eigenvalue weighted by molar-refractivity contribution is 8.04. The van der Waals surface area contributed by atoms with E-state index in [1.54, 1.807) is 11.8 Å². The van der Waals surface area contributed by atoms with E-state index < -0.39 is 0 Å². The van der Waals surface area contributed by atoms with E-state index in [1.807, 2.05) is 59.5 Å². The molecule has 1 unspecified atom stereocenters. The molecule has 2 saturated heterocycles. The van der Waals surface area contributed by atoms with Gasteiger partial charge in [-0.05, 0) is 35.8 Å². The van der Waals surface area contributed by atoms with Crippen LogP contribution in [0.3, 0.4) is 0 Å². The van der Waals surface area contributed by atoms with Gasteiger partial charge in [0.2, 0.25) is 0 Å². The van der Waals surface area contributed by atoms with Crippen LogP contribution < -0.4 is 0 Å². The van der Waals surface area contributed by atoms with Crippen LogP contribution in [0.2, 0.25) is 5.02 Å². The number of ether oxygens (including phenoxy) is 1. The van der Waals surface area contributed by atoms with E-state index >= 15 is 0 Å². The van der Waals surface area contributed by atoms with E-state index in [9.17, 15) is 4.79 Å².